The van der Waals surface area contributed by atoms with Crippen LogP contribution >= 0.6 is 0 Å². The zero-order valence-corrected chi connectivity index (χ0v) is 10.1. The van der Waals surface area contributed by atoms with Gasteiger partial charge in [-0.15, -0.1) is 0 Å². The first kappa shape index (κ1) is 11.8. The Morgan fingerprint density at radius 2 is 2.35 bits per heavy atom. The number of aromatic nitrogens is 4. The molecule has 0 aliphatic carbocycles. The van der Waals surface area contributed by atoms with Crippen molar-refractivity contribution >= 4 is 0 Å². The molecule has 0 amide bonds. The average molecular weight is 235 g/mol. The third-order valence-electron chi connectivity index (χ3n) is 2.57. The Labute approximate surface area is 99.8 Å². The molecule has 0 fully saturated rings. The fraction of sp³-hybridized carbons (Fsp3) is 0.545. The molecule has 0 saturated heterocycles. The molecule has 0 spiro atoms. The lowest BCUT2D eigenvalue weighted by Gasteiger charge is -2.03. The maximum absolute atomic E-state index is 5.96. The summed E-state index contributed by atoms with van der Waals surface area (Å²) in [4.78, 5) is 4.27. The summed E-state index contributed by atoms with van der Waals surface area (Å²) in [7, 11) is 1.84. The van der Waals surface area contributed by atoms with Crippen LogP contribution in [0.25, 0.3) is 11.5 Å². The van der Waals surface area contributed by atoms with E-state index >= 15 is 0 Å². The number of hydrogen-bond acceptors (Lipinski definition) is 5. The van der Waals surface area contributed by atoms with Crippen molar-refractivity contribution in [2.45, 2.75) is 32.2 Å². The van der Waals surface area contributed by atoms with E-state index in [1.807, 2.05) is 19.3 Å². The van der Waals surface area contributed by atoms with Crippen LogP contribution in [0.3, 0.4) is 0 Å². The Hall–Kier alpha value is -1.69. The molecule has 17 heavy (non-hydrogen) atoms. The fourth-order valence-electron chi connectivity index (χ4n) is 1.57. The molecule has 2 aromatic rings. The van der Waals surface area contributed by atoms with Crippen LogP contribution in [0.4, 0.5) is 0 Å². The van der Waals surface area contributed by atoms with E-state index in [1.165, 1.54) is 0 Å². The van der Waals surface area contributed by atoms with E-state index in [0.29, 0.717) is 17.4 Å². The highest BCUT2D eigenvalue weighted by Gasteiger charge is 2.16. The third-order valence-corrected chi connectivity index (χ3v) is 2.57. The lowest BCUT2D eigenvalue weighted by molar-refractivity contribution is 0.346. The minimum atomic E-state index is -0.181. The van der Waals surface area contributed by atoms with E-state index in [1.54, 1.807) is 4.68 Å². The first-order chi connectivity index (χ1) is 8.20. The van der Waals surface area contributed by atoms with Gasteiger partial charge in [0.1, 0.15) is 5.69 Å². The highest BCUT2D eigenvalue weighted by atomic mass is 16.5. The van der Waals surface area contributed by atoms with Gasteiger partial charge in [-0.1, -0.05) is 24.9 Å². The predicted octanol–water partition coefficient (Wildman–Crippen LogP) is 1.66. The van der Waals surface area contributed by atoms with E-state index in [0.717, 1.165) is 19.3 Å². The number of nitrogens with two attached hydrogens (primary N) is 1. The summed E-state index contributed by atoms with van der Waals surface area (Å²) in [6, 6.07) is 1.66. The molecule has 2 N–H and O–H groups in total. The largest absolute Gasteiger partial charge is 0.337 e. The van der Waals surface area contributed by atoms with E-state index in [2.05, 4.69) is 22.2 Å². The molecule has 2 rings (SSSR count). The van der Waals surface area contributed by atoms with Gasteiger partial charge in [-0.05, 0) is 12.5 Å². The van der Waals surface area contributed by atoms with E-state index in [9.17, 15) is 0 Å². The Morgan fingerprint density at radius 1 is 1.53 bits per heavy atom. The van der Waals surface area contributed by atoms with Crippen molar-refractivity contribution in [3.05, 3.63) is 18.2 Å². The highest BCUT2D eigenvalue weighted by molar-refractivity contribution is 5.46. The van der Waals surface area contributed by atoms with Gasteiger partial charge in [-0.2, -0.15) is 10.1 Å². The van der Waals surface area contributed by atoms with Crippen LogP contribution in [0.15, 0.2) is 16.8 Å². The normalized spacial score (nSPS) is 12.9. The van der Waals surface area contributed by atoms with Crippen molar-refractivity contribution in [2.24, 2.45) is 12.8 Å². The van der Waals surface area contributed by atoms with Gasteiger partial charge in [0.05, 0.1) is 6.04 Å². The molecule has 6 heteroatoms. The Bertz CT molecular complexity index is 476. The molecule has 92 valence electrons. The molecule has 0 unspecified atom stereocenters. The lowest BCUT2D eigenvalue weighted by Crippen LogP contribution is -2.10. The van der Waals surface area contributed by atoms with Crippen LogP contribution in [0.1, 0.15) is 38.1 Å². The molecule has 2 heterocycles. The minimum absolute atomic E-state index is 0.181. The molecular formula is C11H17N5O. The summed E-state index contributed by atoms with van der Waals surface area (Å²) < 4.78 is 6.85. The maximum Gasteiger partial charge on any atom is 0.243 e. The lowest BCUT2D eigenvalue weighted by atomic mass is 10.1. The third kappa shape index (κ3) is 2.71. The van der Waals surface area contributed by atoms with Crippen LogP contribution in [0.5, 0.6) is 0 Å². The molecule has 1 atom stereocenters. The number of unbranched alkanes of at least 4 members (excludes halogenated alkanes) is 1. The number of aryl methyl sites for hydroxylation is 1. The van der Waals surface area contributed by atoms with Crippen molar-refractivity contribution in [3.8, 4) is 11.5 Å². The maximum atomic E-state index is 5.96. The van der Waals surface area contributed by atoms with E-state index in [-0.39, 0.29) is 6.04 Å². The summed E-state index contributed by atoms with van der Waals surface area (Å²) in [5, 5.41) is 8.09. The van der Waals surface area contributed by atoms with Gasteiger partial charge in [0.15, 0.2) is 0 Å². The van der Waals surface area contributed by atoms with E-state index < -0.39 is 0 Å². The van der Waals surface area contributed by atoms with Crippen molar-refractivity contribution in [3.63, 3.8) is 0 Å². The molecule has 0 bridgehead atoms. The van der Waals surface area contributed by atoms with Gasteiger partial charge in [0.25, 0.3) is 0 Å². The molecule has 0 saturated carbocycles. The van der Waals surface area contributed by atoms with Crippen LogP contribution in [0.2, 0.25) is 0 Å². The molecule has 0 aliphatic heterocycles. The second kappa shape index (κ2) is 5.09. The molecular weight excluding hydrogens is 218 g/mol. The Kier molecular flexibility index (Phi) is 3.53. The van der Waals surface area contributed by atoms with Gasteiger partial charge in [-0.3, -0.25) is 4.68 Å². The molecule has 0 radical (unpaired) electrons. The monoisotopic (exact) mass is 235 g/mol. The first-order valence-corrected chi connectivity index (χ1v) is 5.80. The van der Waals surface area contributed by atoms with Gasteiger partial charge in [0, 0.05) is 13.2 Å². The zero-order chi connectivity index (χ0) is 12.3. The minimum Gasteiger partial charge on any atom is -0.337 e. The van der Waals surface area contributed by atoms with E-state index in [4.69, 9.17) is 10.3 Å². The van der Waals surface area contributed by atoms with Gasteiger partial charge in [0.2, 0.25) is 11.7 Å². The number of rotatable bonds is 5. The molecule has 0 aromatic carbocycles. The summed E-state index contributed by atoms with van der Waals surface area (Å²) in [6.45, 7) is 2.12. The standard InChI is InChI=1S/C11H17N5O/c1-3-4-5-8(12)11-13-10(15-17-11)9-6-7-16(2)14-9/h6-8H,3-5,12H2,1-2H3/t8-/m0/s1. The van der Waals surface area contributed by atoms with Gasteiger partial charge < -0.3 is 10.3 Å². The summed E-state index contributed by atoms with van der Waals surface area (Å²) in [5.41, 5.74) is 6.66. The molecule has 2 aromatic heterocycles. The SMILES string of the molecule is CCCC[C@H](N)c1nc(-c2ccn(C)n2)no1. The quantitative estimate of drug-likeness (QED) is 0.852. The average Bonchev–Trinajstić information content (AvgIpc) is 2.93. The number of hydrogen-bond donors (Lipinski definition) is 1. The molecule has 0 aliphatic rings. The van der Waals surface area contributed by atoms with Crippen molar-refractivity contribution in [1.82, 2.24) is 19.9 Å². The molecule has 6 nitrogen and oxygen atoms in total. The van der Waals surface area contributed by atoms with Crippen molar-refractivity contribution < 1.29 is 4.52 Å². The first-order valence-electron chi connectivity index (χ1n) is 5.80. The smallest absolute Gasteiger partial charge is 0.243 e. The zero-order valence-electron chi connectivity index (χ0n) is 10.1. The summed E-state index contributed by atoms with van der Waals surface area (Å²) >= 11 is 0. The second-order valence-electron chi connectivity index (χ2n) is 4.08. The van der Waals surface area contributed by atoms with Gasteiger partial charge in [-0.25, -0.2) is 0 Å². The second-order valence-corrected chi connectivity index (χ2v) is 4.08. The van der Waals surface area contributed by atoms with Crippen LogP contribution in [-0.4, -0.2) is 19.9 Å². The van der Waals surface area contributed by atoms with Crippen LogP contribution < -0.4 is 5.73 Å². The topological polar surface area (TPSA) is 82.8 Å². The van der Waals surface area contributed by atoms with Crippen molar-refractivity contribution in [2.75, 3.05) is 0 Å². The Balaban J connectivity index is 2.10. The summed E-state index contributed by atoms with van der Waals surface area (Å²) in [6.07, 6.45) is 4.86. The fourth-order valence-corrected chi connectivity index (χ4v) is 1.57. The van der Waals surface area contributed by atoms with Crippen molar-refractivity contribution in [1.29, 1.82) is 0 Å². The highest BCUT2D eigenvalue weighted by Crippen LogP contribution is 2.18. The predicted molar refractivity (Wildman–Crippen MR) is 63.0 cm³/mol. The van der Waals surface area contributed by atoms with Crippen LogP contribution in [-0.2, 0) is 7.05 Å². The Morgan fingerprint density at radius 3 is 3.00 bits per heavy atom. The summed E-state index contributed by atoms with van der Waals surface area (Å²) in [5.74, 6) is 0.978. The van der Waals surface area contributed by atoms with Crippen LogP contribution in [0, 0.1) is 0 Å². The van der Waals surface area contributed by atoms with Gasteiger partial charge >= 0.3 is 0 Å². The number of nitrogens with zero attached hydrogens (tertiary/aromatic N) is 4.